The number of carbonyl (C=O) groups is 1. The zero-order chi connectivity index (χ0) is 14.1. The van der Waals surface area contributed by atoms with E-state index in [0.29, 0.717) is 6.42 Å². The minimum absolute atomic E-state index is 0.150. The second-order valence-electron chi connectivity index (χ2n) is 5.09. The minimum Gasteiger partial charge on any atom is -0.497 e. The molecule has 2 aromatic carbocycles. The highest BCUT2D eigenvalue weighted by molar-refractivity contribution is 6.01. The summed E-state index contributed by atoms with van der Waals surface area (Å²) in [6.07, 6.45) is 0.578. The molecule has 0 bridgehead atoms. The number of hydrogen-bond donors (Lipinski definition) is 0. The largest absolute Gasteiger partial charge is 0.497 e. The summed E-state index contributed by atoms with van der Waals surface area (Å²) in [6, 6.07) is 16.1. The number of β-lactam (4-membered cyclic amide) rings is 1. The van der Waals surface area contributed by atoms with Gasteiger partial charge in [-0.2, -0.15) is 0 Å². The van der Waals surface area contributed by atoms with E-state index in [4.69, 9.17) is 4.74 Å². The van der Waals surface area contributed by atoms with Crippen molar-refractivity contribution in [3.05, 3.63) is 59.7 Å². The molecule has 0 aliphatic carbocycles. The van der Waals surface area contributed by atoms with Gasteiger partial charge in [-0.15, -0.1) is 0 Å². The van der Waals surface area contributed by atoms with E-state index in [1.165, 1.54) is 11.1 Å². The molecule has 1 aliphatic rings. The summed E-state index contributed by atoms with van der Waals surface area (Å²) in [7, 11) is 1.64. The summed E-state index contributed by atoms with van der Waals surface area (Å²) in [6.45, 7) is 2.07. The second-order valence-corrected chi connectivity index (χ2v) is 5.09. The Morgan fingerprint density at radius 3 is 2.25 bits per heavy atom. The van der Waals surface area contributed by atoms with E-state index in [9.17, 15) is 4.79 Å². The first-order valence-corrected chi connectivity index (χ1v) is 6.72. The van der Waals surface area contributed by atoms with Crippen molar-refractivity contribution >= 4 is 11.6 Å². The van der Waals surface area contributed by atoms with Gasteiger partial charge in [-0.3, -0.25) is 4.79 Å². The number of methoxy groups -OCH3 is 1. The van der Waals surface area contributed by atoms with Crippen LogP contribution in [0.25, 0.3) is 0 Å². The average molecular weight is 267 g/mol. The molecule has 2 aromatic rings. The lowest BCUT2D eigenvalue weighted by Crippen LogP contribution is -2.46. The lowest BCUT2D eigenvalue weighted by molar-refractivity contribution is -0.124. The fraction of sp³-hybridized carbons (Fsp3) is 0.235. The number of rotatable bonds is 3. The quantitative estimate of drug-likeness (QED) is 0.797. The Bertz CT molecular complexity index is 616. The number of hydrogen-bond acceptors (Lipinski definition) is 2. The van der Waals surface area contributed by atoms with Crippen LogP contribution >= 0.6 is 0 Å². The van der Waals surface area contributed by atoms with Gasteiger partial charge in [0.2, 0.25) is 5.91 Å². The van der Waals surface area contributed by atoms with E-state index in [1.807, 2.05) is 29.2 Å². The summed E-state index contributed by atoms with van der Waals surface area (Å²) in [4.78, 5) is 13.8. The van der Waals surface area contributed by atoms with E-state index in [0.717, 1.165) is 11.4 Å². The molecule has 3 nitrogen and oxygen atoms in total. The molecule has 1 aliphatic heterocycles. The molecule has 0 radical (unpaired) electrons. The standard InChI is InChI=1S/C17H17NO2/c1-12-3-5-13(6-4-12)16-11-17(19)18(16)14-7-9-15(20-2)10-8-14/h3-10,16H,11H2,1-2H3. The lowest BCUT2D eigenvalue weighted by atomic mass is 9.92. The molecule has 1 atom stereocenters. The molecule has 1 saturated heterocycles. The molecular weight excluding hydrogens is 250 g/mol. The van der Waals surface area contributed by atoms with Crippen molar-refractivity contribution in [1.82, 2.24) is 0 Å². The number of nitrogens with zero attached hydrogens (tertiary/aromatic N) is 1. The first kappa shape index (κ1) is 12.7. The highest BCUT2D eigenvalue weighted by Crippen LogP contribution is 2.39. The van der Waals surface area contributed by atoms with Crippen LogP contribution in [-0.4, -0.2) is 13.0 Å². The molecule has 1 fully saturated rings. The molecular formula is C17H17NO2. The fourth-order valence-corrected chi connectivity index (χ4v) is 2.54. The van der Waals surface area contributed by atoms with Crippen LogP contribution < -0.4 is 9.64 Å². The molecule has 3 heteroatoms. The van der Waals surface area contributed by atoms with Gasteiger partial charge < -0.3 is 9.64 Å². The zero-order valence-corrected chi connectivity index (χ0v) is 11.7. The summed E-state index contributed by atoms with van der Waals surface area (Å²) < 4.78 is 5.15. The van der Waals surface area contributed by atoms with Crippen LogP contribution in [0.4, 0.5) is 5.69 Å². The summed E-state index contributed by atoms with van der Waals surface area (Å²) in [5, 5.41) is 0. The van der Waals surface area contributed by atoms with Crippen molar-refractivity contribution in [1.29, 1.82) is 0 Å². The molecule has 0 N–H and O–H groups in total. The molecule has 20 heavy (non-hydrogen) atoms. The van der Waals surface area contributed by atoms with Crippen molar-refractivity contribution in [2.75, 3.05) is 12.0 Å². The van der Waals surface area contributed by atoms with Crippen LogP contribution in [0.5, 0.6) is 5.75 Å². The van der Waals surface area contributed by atoms with Crippen LogP contribution in [0.2, 0.25) is 0 Å². The molecule has 102 valence electrons. The van der Waals surface area contributed by atoms with Crippen LogP contribution in [0.15, 0.2) is 48.5 Å². The normalized spacial score (nSPS) is 17.8. The second kappa shape index (κ2) is 5.00. The van der Waals surface area contributed by atoms with E-state index in [-0.39, 0.29) is 11.9 Å². The summed E-state index contributed by atoms with van der Waals surface area (Å²) >= 11 is 0. The third-order valence-corrected chi connectivity index (χ3v) is 3.76. The molecule has 3 rings (SSSR count). The summed E-state index contributed by atoms with van der Waals surface area (Å²) in [5.41, 5.74) is 3.34. The highest BCUT2D eigenvalue weighted by Gasteiger charge is 2.38. The van der Waals surface area contributed by atoms with Gasteiger partial charge >= 0.3 is 0 Å². The van der Waals surface area contributed by atoms with Gasteiger partial charge in [0.25, 0.3) is 0 Å². The third kappa shape index (κ3) is 2.16. The van der Waals surface area contributed by atoms with Crippen molar-refractivity contribution in [3.8, 4) is 5.75 Å². The molecule has 0 saturated carbocycles. The van der Waals surface area contributed by atoms with Gasteiger partial charge in [0.05, 0.1) is 19.6 Å². The number of carbonyl (C=O) groups excluding carboxylic acids is 1. The fourth-order valence-electron chi connectivity index (χ4n) is 2.54. The number of anilines is 1. The van der Waals surface area contributed by atoms with E-state index < -0.39 is 0 Å². The maximum Gasteiger partial charge on any atom is 0.230 e. The lowest BCUT2D eigenvalue weighted by Gasteiger charge is -2.40. The third-order valence-electron chi connectivity index (χ3n) is 3.76. The Balaban J connectivity index is 1.87. The first-order valence-electron chi connectivity index (χ1n) is 6.72. The number of amides is 1. The average Bonchev–Trinajstić information content (AvgIpc) is 2.46. The van der Waals surface area contributed by atoms with Crippen LogP contribution in [-0.2, 0) is 4.79 Å². The van der Waals surface area contributed by atoms with Crippen molar-refractivity contribution in [2.24, 2.45) is 0 Å². The van der Waals surface area contributed by atoms with Crippen molar-refractivity contribution in [2.45, 2.75) is 19.4 Å². The smallest absolute Gasteiger partial charge is 0.230 e. The monoisotopic (exact) mass is 267 g/mol. The maximum atomic E-state index is 11.9. The Kier molecular flexibility index (Phi) is 3.18. The number of benzene rings is 2. The van der Waals surface area contributed by atoms with Crippen LogP contribution in [0.3, 0.4) is 0 Å². The van der Waals surface area contributed by atoms with Gasteiger partial charge in [0, 0.05) is 5.69 Å². The Morgan fingerprint density at radius 2 is 1.70 bits per heavy atom. The summed E-state index contributed by atoms with van der Waals surface area (Å²) in [5.74, 6) is 0.967. The molecule has 0 aromatic heterocycles. The topological polar surface area (TPSA) is 29.5 Å². The SMILES string of the molecule is COc1ccc(N2C(=O)CC2c2ccc(C)cc2)cc1. The Hall–Kier alpha value is -2.29. The Morgan fingerprint density at radius 1 is 1.05 bits per heavy atom. The molecule has 1 amide bonds. The van der Waals surface area contributed by atoms with Gasteiger partial charge in [-0.05, 0) is 36.8 Å². The van der Waals surface area contributed by atoms with E-state index >= 15 is 0 Å². The number of aryl methyl sites for hydroxylation is 1. The Labute approximate surface area is 118 Å². The first-order chi connectivity index (χ1) is 9.69. The zero-order valence-electron chi connectivity index (χ0n) is 11.7. The van der Waals surface area contributed by atoms with Gasteiger partial charge in [-0.1, -0.05) is 29.8 Å². The van der Waals surface area contributed by atoms with Gasteiger partial charge in [0.15, 0.2) is 0 Å². The van der Waals surface area contributed by atoms with E-state index in [1.54, 1.807) is 7.11 Å². The number of ether oxygens (including phenoxy) is 1. The van der Waals surface area contributed by atoms with Crippen LogP contribution in [0, 0.1) is 6.92 Å². The minimum atomic E-state index is 0.150. The van der Waals surface area contributed by atoms with Gasteiger partial charge in [-0.25, -0.2) is 0 Å². The van der Waals surface area contributed by atoms with Crippen LogP contribution in [0.1, 0.15) is 23.6 Å². The molecule has 1 unspecified atom stereocenters. The molecule has 1 heterocycles. The van der Waals surface area contributed by atoms with Gasteiger partial charge in [0.1, 0.15) is 5.75 Å². The van der Waals surface area contributed by atoms with Crippen molar-refractivity contribution in [3.63, 3.8) is 0 Å². The molecule has 0 spiro atoms. The van der Waals surface area contributed by atoms with Crippen molar-refractivity contribution < 1.29 is 9.53 Å². The highest BCUT2D eigenvalue weighted by atomic mass is 16.5. The van der Waals surface area contributed by atoms with E-state index in [2.05, 4.69) is 31.2 Å². The predicted molar refractivity (Wildman–Crippen MR) is 79.0 cm³/mol. The maximum absolute atomic E-state index is 11.9. The predicted octanol–water partition coefficient (Wildman–Crippen LogP) is 3.48.